The smallest absolute Gasteiger partial charge is 0.178 e. The maximum atomic E-state index is 11.4. The van der Waals surface area contributed by atoms with Gasteiger partial charge in [-0.2, -0.15) is 0 Å². The van der Waals surface area contributed by atoms with Crippen molar-refractivity contribution in [2.75, 3.05) is 5.75 Å². The number of nitrogens with zero attached hydrogens (tertiary/aromatic N) is 1. The molecule has 0 spiro atoms. The molecule has 0 aliphatic heterocycles. The molecule has 1 aromatic carbocycles. The molecule has 1 aromatic rings. The van der Waals surface area contributed by atoms with E-state index in [9.17, 15) is 13.3 Å². The summed E-state index contributed by atoms with van der Waals surface area (Å²) in [6.07, 6.45) is 0. The molecule has 0 atom stereocenters. The van der Waals surface area contributed by atoms with Gasteiger partial charge in [-0.15, -0.1) is 4.91 Å². The van der Waals surface area contributed by atoms with Crippen LogP contribution in [0.25, 0.3) is 0 Å². The fourth-order valence-electron chi connectivity index (χ4n) is 0.936. The molecule has 0 aliphatic rings. The molecular formula is C8H9NO4S. The van der Waals surface area contributed by atoms with Crippen molar-refractivity contribution in [3.8, 4) is 5.75 Å². The van der Waals surface area contributed by atoms with Gasteiger partial charge in [-0.05, 0) is 23.4 Å². The fraction of sp³-hybridized carbons (Fsp3) is 0.250. The van der Waals surface area contributed by atoms with Crippen LogP contribution in [0.15, 0.2) is 28.3 Å². The Morgan fingerprint density at radius 1 is 1.43 bits per heavy atom. The summed E-state index contributed by atoms with van der Waals surface area (Å²) >= 11 is 0. The Morgan fingerprint density at radius 2 is 2.07 bits per heavy atom. The third kappa shape index (κ3) is 1.90. The van der Waals surface area contributed by atoms with E-state index < -0.39 is 9.84 Å². The Balaban J connectivity index is 3.33. The lowest BCUT2D eigenvalue weighted by molar-refractivity contribution is 0.476. The summed E-state index contributed by atoms with van der Waals surface area (Å²) in [6.45, 7) is 1.50. The quantitative estimate of drug-likeness (QED) is 0.776. The molecule has 0 heterocycles. The summed E-state index contributed by atoms with van der Waals surface area (Å²) in [5, 5.41) is 11.6. The fourth-order valence-corrected chi connectivity index (χ4v) is 1.84. The van der Waals surface area contributed by atoms with E-state index in [1.165, 1.54) is 13.0 Å². The van der Waals surface area contributed by atoms with E-state index in [0.717, 1.165) is 12.1 Å². The van der Waals surface area contributed by atoms with Gasteiger partial charge < -0.3 is 5.11 Å². The predicted molar refractivity (Wildman–Crippen MR) is 51.3 cm³/mol. The van der Waals surface area contributed by atoms with Crippen LogP contribution in [0.5, 0.6) is 5.75 Å². The van der Waals surface area contributed by atoms with Gasteiger partial charge in [-0.3, -0.25) is 0 Å². The molecule has 0 radical (unpaired) electrons. The maximum absolute atomic E-state index is 11.4. The zero-order valence-electron chi connectivity index (χ0n) is 7.47. The van der Waals surface area contributed by atoms with Gasteiger partial charge in [0, 0.05) is 0 Å². The average molecular weight is 215 g/mol. The number of rotatable bonds is 3. The van der Waals surface area contributed by atoms with Crippen LogP contribution in [-0.4, -0.2) is 19.3 Å². The Labute approximate surface area is 81.3 Å². The van der Waals surface area contributed by atoms with Crippen molar-refractivity contribution in [2.24, 2.45) is 5.18 Å². The third-order valence-electron chi connectivity index (χ3n) is 1.78. The lowest BCUT2D eigenvalue weighted by atomic mass is 10.3. The number of aromatic hydroxyl groups is 1. The molecule has 76 valence electrons. The maximum Gasteiger partial charge on any atom is 0.178 e. The van der Waals surface area contributed by atoms with Crippen molar-refractivity contribution >= 4 is 15.5 Å². The highest BCUT2D eigenvalue weighted by molar-refractivity contribution is 7.91. The molecule has 6 heteroatoms. The summed E-state index contributed by atoms with van der Waals surface area (Å²) in [4.78, 5) is 10.2. The molecule has 5 nitrogen and oxygen atoms in total. The average Bonchev–Trinajstić information content (AvgIpc) is 2.18. The van der Waals surface area contributed by atoms with Crippen LogP contribution in [0.4, 0.5) is 5.69 Å². The van der Waals surface area contributed by atoms with Gasteiger partial charge in [0.2, 0.25) is 0 Å². The number of hydrogen-bond acceptors (Lipinski definition) is 5. The van der Waals surface area contributed by atoms with Crippen LogP contribution >= 0.6 is 0 Å². The van der Waals surface area contributed by atoms with Crippen molar-refractivity contribution in [1.29, 1.82) is 0 Å². The number of sulfone groups is 1. The SMILES string of the molecule is CCS(=O)(=O)c1ccc(O)c(N=O)c1. The zero-order valence-corrected chi connectivity index (χ0v) is 8.28. The molecule has 0 aliphatic carbocycles. The van der Waals surface area contributed by atoms with Gasteiger partial charge in [-0.25, -0.2) is 8.42 Å². The second kappa shape index (κ2) is 3.75. The van der Waals surface area contributed by atoms with Crippen LogP contribution in [0.1, 0.15) is 6.92 Å². The molecule has 0 aromatic heterocycles. The molecule has 1 N–H and O–H groups in total. The first-order valence-electron chi connectivity index (χ1n) is 3.90. The van der Waals surface area contributed by atoms with Crippen molar-refractivity contribution in [1.82, 2.24) is 0 Å². The van der Waals surface area contributed by atoms with Gasteiger partial charge in [0.05, 0.1) is 10.6 Å². The lowest BCUT2D eigenvalue weighted by Crippen LogP contribution is -2.02. The Morgan fingerprint density at radius 3 is 2.57 bits per heavy atom. The van der Waals surface area contributed by atoms with Crippen LogP contribution in [-0.2, 0) is 9.84 Å². The minimum Gasteiger partial charge on any atom is -0.506 e. The number of phenols is 1. The molecule has 0 saturated carbocycles. The molecule has 0 bridgehead atoms. The van der Waals surface area contributed by atoms with Gasteiger partial charge >= 0.3 is 0 Å². The van der Waals surface area contributed by atoms with Gasteiger partial charge in [-0.1, -0.05) is 6.92 Å². The highest BCUT2D eigenvalue weighted by Crippen LogP contribution is 2.28. The van der Waals surface area contributed by atoms with Gasteiger partial charge in [0.25, 0.3) is 0 Å². The van der Waals surface area contributed by atoms with E-state index in [1.807, 2.05) is 0 Å². The van der Waals surface area contributed by atoms with E-state index in [4.69, 9.17) is 5.11 Å². The highest BCUT2D eigenvalue weighted by Gasteiger charge is 2.13. The molecule has 0 saturated heterocycles. The Bertz CT molecular complexity index is 452. The number of phenolic OH excluding ortho intramolecular Hbond substituents is 1. The molecule has 14 heavy (non-hydrogen) atoms. The van der Waals surface area contributed by atoms with E-state index in [-0.39, 0.29) is 22.1 Å². The van der Waals surface area contributed by atoms with Crippen molar-refractivity contribution in [2.45, 2.75) is 11.8 Å². The first kappa shape index (κ1) is 10.6. The summed E-state index contributed by atoms with van der Waals surface area (Å²) in [5.41, 5.74) is -0.264. The van der Waals surface area contributed by atoms with Crippen LogP contribution in [0.2, 0.25) is 0 Å². The van der Waals surface area contributed by atoms with Crippen LogP contribution in [0, 0.1) is 4.91 Å². The Hall–Kier alpha value is -1.43. The molecule has 0 amide bonds. The van der Waals surface area contributed by atoms with Crippen LogP contribution in [0.3, 0.4) is 0 Å². The van der Waals surface area contributed by atoms with E-state index >= 15 is 0 Å². The zero-order chi connectivity index (χ0) is 10.8. The molecule has 0 unspecified atom stereocenters. The van der Waals surface area contributed by atoms with E-state index in [1.54, 1.807) is 0 Å². The largest absolute Gasteiger partial charge is 0.506 e. The van der Waals surface area contributed by atoms with Gasteiger partial charge in [0.15, 0.2) is 15.5 Å². The first-order valence-corrected chi connectivity index (χ1v) is 5.55. The second-order valence-corrected chi connectivity index (χ2v) is 4.92. The third-order valence-corrected chi connectivity index (χ3v) is 3.52. The number of hydrogen-bond donors (Lipinski definition) is 1. The predicted octanol–water partition coefficient (Wildman–Crippen LogP) is 1.58. The Kier molecular flexibility index (Phi) is 2.85. The molecular weight excluding hydrogens is 206 g/mol. The lowest BCUT2D eigenvalue weighted by Gasteiger charge is -2.02. The summed E-state index contributed by atoms with van der Waals surface area (Å²) in [6, 6.07) is 3.43. The van der Waals surface area contributed by atoms with Gasteiger partial charge in [0.1, 0.15) is 5.75 Å². The summed E-state index contributed by atoms with van der Waals surface area (Å²) < 4.78 is 22.7. The topological polar surface area (TPSA) is 83.8 Å². The number of nitroso groups, excluding NO2 is 1. The molecule has 0 fully saturated rings. The summed E-state index contributed by atoms with van der Waals surface area (Å²) in [7, 11) is -3.36. The van der Waals surface area contributed by atoms with E-state index in [0.29, 0.717) is 0 Å². The minimum atomic E-state index is -3.36. The van der Waals surface area contributed by atoms with Crippen LogP contribution < -0.4 is 0 Å². The second-order valence-electron chi connectivity index (χ2n) is 2.65. The van der Waals surface area contributed by atoms with E-state index in [2.05, 4.69) is 5.18 Å². The standard InChI is InChI=1S/C8H9NO4S/c1-2-14(12,13)6-3-4-8(10)7(5-6)9-11/h3-5,10H,2H2,1H3. The monoisotopic (exact) mass is 215 g/mol. The first-order chi connectivity index (χ1) is 6.51. The summed E-state index contributed by atoms with van der Waals surface area (Å²) in [5.74, 6) is -0.383. The number of benzene rings is 1. The van der Waals surface area contributed by atoms with Crippen molar-refractivity contribution in [3.63, 3.8) is 0 Å². The molecule has 1 rings (SSSR count). The normalized spacial score (nSPS) is 11.2. The van der Waals surface area contributed by atoms with Crippen molar-refractivity contribution < 1.29 is 13.5 Å². The minimum absolute atomic E-state index is 0.00704. The van der Waals surface area contributed by atoms with Crippen molar-refractivity contribution in [3.05, 3.63) is 23.1 Å². The highest BCUT2D eigenvalue weighted by atomic mass is 32.2.